The second-order valence-electron chi connectivity index (χ2n) is 6.81. The van der Waals surface area contributed by atoms with Crippen LogP contribution in [0, 0.1) is 5.41 Å². The molecule has 0 heterocycles. The van der Waals surface area contributed by atoms with Gasteiger partial charge in [0, 0.05) is 5.41 Å². The highest BCUT2D eigenvalue weighted by Gasteiger charge is 2.32. The number of ether oxygens (including phenoxy) is 4. The van der Waals surface area contributed by atoms with Gasteiger partial charge in [-0.05, 0) is 36.7 Å². The van der Waals surface area contributed by atoms with Crippen molar-refractivity contribution < 1.29 is 42.7 Å². The molecule has 0 aromatic rings. The zero-order valence-corrected chi connectivity index (χ0v) is 18.7. The molecule has 9 nitrogen and oxygen atoms in total. The summed E-state index contributed by atoms with van der Waals surface area (Å²) in [6, 6.07) is 0. The minimum Gasteiger partial charge on any atom is -0.438 e. The number of aliphatic hydroxyl groups is 1. The minimum absolute atomic E-state index is 0.111. The van der Waals surface area contributed by atoms with E-state index in [-0.39, 0.29) is 19.8 Å². The van der Waals surface area contributed by atoms with Gasteiger partial charge in [0.15, 0.2) is 0 Å². The van der Waals surface area contributed by atoms with E-state index in [9.17, 15) is 14.2 Å². The third kappa shape index (κ3) is 14.2. The van der Waals surface area contributed by atoms with Crippen LogP contribution in [-0.2, 0) is 28.0 Å². The first kappa shape index (κ1) is 27.6. The summed E-state index contributed by atoms with van der Waals surface area (Å²) in [4.78, 5) is 23.2. The van der Waals surface area contributed by atoms with Gasteiger partial charge >= 0.3 is 20.3 Å². The number of carbonyl (C=O) groups excluding carboxylic acids is 2. The molecular formula is C19H36O9P+. The zero-order chi connectivity index (χ0) is 22.0. The summed E-state index contributed by atoms with van der Waals surface area (Å²) in [5.74, 6) is 0. The van der Waals surface area contributed by atoms with Gasteiger partial charge in [0.25, 0.3) is 6.35 Å². The van der Waals surface area contributed by atoms with Crippen LogP contribution in [-0.4, -0.2) is 57.3 Å². The molecule has 0 spiro atoms. The van der Waals surface area contributed by atoms with Crippen LogP contribution >= 0.6 is 8.03 Å². The van der Waals surface area contributed by atoms with Gasteiger partial charge < -0.3 is 24.1 Å². The van der Waals surface area contributed by atoms with Gasteiger partial charge in [-0.25, -0.2) is 9.59 Å². The van der Waals surface area contributed by atoms with Crippen molar-refractivity contribution in [2.24, 2.45) is 5.41 Å². The lowest BCUT2D eigenvalue weighted by Gasteiger charge is -2.31. The Kier molecular flexibility index (Phi) is 16.6. The first-order chi connectivity index (χ1) is 13.9. The van der Waals surface area contributed by atoms with E-state index >= 15 is 0 Å². The number of aliphatic hydroxyl groups excluding tert-OH is 1. The van der Waals surface area contributed by atoms with E-state index in [2.05, 4.69) is 11.7 Å². The Bertz CT molecular complexity index is 473. The first-order valence-corrected chi connectivity index (χ1v) is 11.5. The van der Waals surface area contributed by atoms with Crippen LogP contribution in [0.2, 0.25) is 0 Å². The lowest BCUT2D eigenvalue weighted by atomic mass is 9.82. The van der Waals surface area contributed by atoms with E-state index in [4.69, 9.17) is 23.8 Å². The first-order valence-electron chi connectivity index (χ1n) is 10.1. The van der Waals surface area contributed by atoms with Crippen molar-refractivity contribution in [3.63, 3.8) is 0 Å². The Morgan fingerprint density at radius 1 is 0.897 bits per heavy atom. The summed E-state index contributed by atoms with van der Waals surface area (Å²) in [5, 5.41) is 8.58. The third-order valence-electron chi connectivity index (χ3n) is 4.58. The fourth-order valence-electron chi connectivity index (χ4n) is 2.56. The molecule has 0 radical (unpaired) electrons. The predicted molar refractivity (Wildman–Crippen MR) is 107 cm³/mol. The van der Waals surface area contributed by atoms with Gasteiger partial charge in [0.1, 0.15) is 19.8 Å². The Labute approximate surface area is 174 Å². The number of carbonyl (C=O) groups is 2. The quantitative estimate of drug-likeness (QED) is 0.194. The molecule has 0 aromatic heterocycles. The molecule has 10 heteroatoms. The fraction of sp³-hybridized carbons (Fsp3) is 0.895. The summed E-state index contributed by atoms with van der Waals surface area (Å²) >= 11 is 0. The van der Waals surface area contributed by atoms with Crippen molar-refractivity contribution in [1.29, 1.82) is 0 Å². The van der Waals surface area contributed by atoms with Gasteiger partial charge in [-0.1, -0.05) is 33.1 Å². The summed E-state index contributed by atoms with van der Waals surface area (Å²) < 4.78 is 35.8. The minimum atomic E-state index is -1.96. The topological polar surface area (TPSA) is 118 Å². The number of hydrogen-bond acceptors (Lipinski definition) is 9. The normalized spacial score (nSPS) is 13.3. The van der Waals surface area contributed by atoms with Crippen LogP contribution in [0.5, 0.6) is 0 Å². The molecule has 170 valence electrons. The summed E-state index contributed by atoms with van der Waals surface area (Å²) in [5.41, 5.74) is -0.460. The van der Waals surface area contributed by atoms with Gasteiger partial charge in [-0.15, -0.1) is 4.52 Å². The maximum atomic E-state index is 11.9. The average molecular weight is 439 g/mol. The molecule has 0 saturated heterocycles. The SMILES string of the molecule is CCCCC(CC)(COC(=O)OC)COC(=O)OCCCCCCO[P+](=O)CO. The number of rotatable bonds is 17. The molecule has 0 aliphatic rings. The second-order valence-corrected chi connectivity index (χ2v) is 8.02. The van der Waals surface area contributed by atoms with Crippen molar-refractivity contribution >= 4 is 20.3 Å². The third-order valence-corrected chi connectivity index (χ3v) is 5.28. The molecule has 0 amide bonds. The molecule has 29 heavy (non-hydrogen) atoms. The highest BCUT2D eigenvalue weighted by atomic mass is 31.1. The van der Waals surface area contributed by atoms with Crippen LogP contribution in [0.1, 0.15) is 65.2 Å². The van der Waals surface area contributed by atoms with E-state index < -0.39 is 32.1 Å². The van der Waals surface area contributed by atoms with E-state index in [1.165, 1.54) is 7.11 Å². The van der Waals surface area contributed by atoms with Crippen LogP contribution in [0.25, 0.3) is 0 Å². The van der Waals surface area contributed by atoms with Crippen LogP contribution in [0.15, 0.2) is 0 Å². The van der Waals surface area contributed by atoms with Crippen molar-refractivity contribution in [2.75, 3.05) is 39.9 Å². The van der Waals surface area contributed by atoms with Gasteiger partial charge in [-0.2, -0.15) is 0 Å². The molecular weight excluding hydrogens is 403 g/mol. The highest BCUT2D eigenvalue weighted by Crippen LogP contribution is 2.30. The van der Waals surface area contributed by atoms with E-state index in [1.807, 2.05) is 6.92 Å². The maximum absolute atomic E-state index is 11.9. The van der Waals surface area contributed by atoms with Crippen molar-refractivity contribution in [1.82, 2.24) is 0 Å². The van der Waals surface area contributed by atoms with Crippen LogP contribution in [0.3, 0.4) is 0 Å². The summed E-state index contributed by atoms with van der Waals surface area (Å²) in [7, 11) is -0.708. The highest BCUT2D eigenvalue weighted by molar-refractivity contribution is 7.38. The largest absolute Gasteiger partial charge is 0.536 e. The van der Waals surface area contributed by atoms with Crippen molar-refractivity contribution in [3.05, 3.63) is 0 Å². The van der Waals surface area contributed by atoms with Gasteiger partial charge in [0.2, 0.25) is 0 Å². The molecule has 2 unspecified atom stereocenters. The Morgan fingerprint density at radius 2 is 1.52 bits per heavy atom. The van der Waals surface area contributed by atoms with Gasteiger partial charge in [-0.3, -0.25) is 0 Å². The number of methoxy groups -OCH3 is 1. The molecule has 0 bridgehead atoms. The van der Waals surface area contributed by atoms with E-state index in [0.29, 0.717) is 19.4 Å². The lowest BCUT2D eigenvalue weighted by molar-refractivity contribution is -0.0226. The molecule has 0 aliphatic heterocycles. The van der Waals surface area contributed by atoms with Crippen LogP contribution < -0.4 is 0 Å². The Morgan fingerprint density at radius 3 is 2.07 bits per heavy atom. The maximum Gasteiger partial charge on any atom is 0.536 e. The molecule has 0 fully saturated rings. The summed E-state index contributed by atoms with van der Waals surface area (Å²) in [6.07, 6.45) is 4.47. The monoisotopic (exact) mass is 439 g/mol. The average Bonchev–Trinajstić information content (AvgIpc) is 2.74. The van der Waals surface area contributed by atoms with E-state index in [0.717, 1.165) is 38.5 Å². The fourth-order valence-corrected chi connectivity index (χ4v) is 2.98. The second kappa shape index (κ2) is 17.4. The van der Waals surface area contributed by atoms with E-state index in [1.54, 1.807) is 0 Å². The van der Waals surface area contributed by atoms with Crippen LogP contribution in [0.4, 0.5) is 9.59 Å². The Hall–Kier alpha value is -1.44. The molecule has 1 N–H and O–H groups in total. The molecule has 0 aliphatic carbocycles. The standard InChI is InChI=1S/C19H36O9P/c1-4-6-11-19(5-2,14-26-17(21)24-3)15-27-18(22)25-12-9-7-8-10-13-28-29(23)16-20/h20H,4-16H2,1-3H3/q+1. The van der Waals surface area contributed by atoms with Gasteiger partial charge in [0.05, 0.1) is 13.7 Å². The predicted octanol–water partition coefficient (Wildman–Crippen LogP) is 4.78. The van der Waals surface area contributed by atoms with Crippen molar-refractivity contribution in [3.8, 4) is 0 Å². The lowest BCUT2D eigenvalue weighted by Crippen LogP contribution is -2.34. The van der Waals surface area contributed by atoms with Crippen molar-refractivity contribution in [2.45, 2.75) is 65.2 Å². The molecule has 0 rings (SSSR count). The molecule has 0 aromatic carbocycles. The summed E-state index contributed by atoms with van der Waals surface area (Å²) in [6.45, 7) is 4.84. The Balaban J connectivity index is 4.10. The molecule has 0 saturated carbocycles. The molecule has 2 atom stereocenters. The zero-order valence-electron chi connectivity index (χ0n) is 17.9. The smallest absolute Gasteiger partial charge is 0.438 e. The number of hydrogen-bond donors (Lipinski definition) is 1. The number of unbranched alkanes of at least 4 members (excludes halogenated alkanes) is 4.